The number of halogens is 1. The quantitative estimate of drug-likeness (QED) is 0.481. The predicted molar refractivity (Wildman–Crippen MR) is 132 cm³/mol. The van der Waals surface area contributed by atoms with Crippen LogP contribution in [0.25, 0.3) is 22.6 Å². The van der Waals surface area contributed by atoms with Gasteiger partial charge in [0.2, 0.25) is 0 Å². The first kappa shape index (κ1) is 23.3. The molecule has 0 bridgehead atoms. The third-order valence-electron chi connectivity index (χ3n) is 6.05. The van der Waals surface area contributed by atoms with Crippen LogP contribution in [0.15, 0.2) is 30.5 Å². The van der Waals surface area contributed by atoms with Gasteiger partial charge in [-0.25, -0.2) is 9.97 Å². The van der Waals surface area contributed by atoms with Crippen molar-refractivity contribution in [2.24, 2.45) is 0 Å². The van der Waals surface area contributed by atoms with E-state index < -0.39 is 5.60 Å². The molecule has 3 heterocycles. The van der Waals surface area contributed by atoms with Gasteiger partial charge in [0, 0.05) is 37.8 Å². The highest BCUT2D eigenvalue weighted by atomic mass is 35.5. The van der Waals surface area contributed by atoms with Crippen molar-refractivity contribution in [2.75, 3.05) is 25.5 Å². The molecular formula is C24H31ClN6O2. The van der Waals surface area contributed by atoms with Gasteiger partial charge >= 0.3 is 0 Å². The number of ether oxygens (including phenoxy) is 1. The van der Waals surface area contributed by atoms with Gasteiger partial charge < -0.3 is 20.4 Å². The Labute approximate surface area is 199 Å². The number of nitrogens with one attached hydrogen (secondary N) is 3. The van der Waals surface area contributed by atoms with E-state index in [9.17, 15) is 4.79 Å². The molecule has 0 aliphatic carbocycles. The molecule has 176 valence electrons. The highest BCUT2D eigenvalue weighted by Gasteiger charge is 2.29. The van der Waals surface area contributed by atoms with E-state index in [1.165, 1.54) is 0 Å². The van der Waals surface area contributed by atoms with Crippen molar-refractivity contribution in [3.63, 3.8) is 0 Å². The van der Waals surface area contributed by atoms with E-state index in [2.05, 4.69) is 44.3 Å². The molecule has 4 rings (SSSR count). The molecule has 0 saturated carbocycles. The van der Waals surface area contributed by atoms with Crippen LogP contribution in [0, 0.1) is 0 Å². The zero-order valence-corrected chi connectivity index (χ0v) is 20.5. The van der Waals surface area contributed by atoms with Crippen molar-refractivity contribution >= 4 is 34.4 Å². The minimum atomic E-state index is -0.970. The number of H-pyrrole nitrogens is 1. The van der Waals surface area contributed by atoms with Crippen molar-refractivity contribution < 1.29 is 9.53 Å². The summed E-state index contributed by atoms with van der Waals surface area (Å²) in [5, 5.41) is 6.80. The fourth-order valence-corrected chi connectivity index (χ4v) is 4.31. The summed E-state index contributed by atoms with van der Waals surface area (Å²) in [6.45, 7) is 9.95. The first-order valence-corrected chi connectivity index (χ1v) is 11.6. The zero-order valence-electron chi connectivity index (χ0n) is 19.7. The van der Waals surface area contributed by atoms with E-state index in [1.54, 1.807) is 27.1 Å². The summed E-state index contributed by atoms with van der Waals surface area (Å²) in [5.74, 6) is 1.10. The molecule has 1 fully saturated rings. The molecule has 9 heteroatoms. The molecule has 3 N–H and O–H groups in total. The second kappa shape index (κ2) is 9.19. The van der Waals surface area contributed by atoms with Crippen molar-refractivity contribution in [2.45, 2.75) is 51.8 Å². The normalized spacial score (nSPS) is 17.0. The number of carbonyl (C=O) groups excluding carboxylic acids is 1. The summed E-state index contributed by atoms with van der Waals surface area (Å²) in [5.41, 5.74) is 2.15. The number of carbonyl (C=O) groups is 1. The number of anilines is 1. The van der Waals surface area contributed by atoms with Crippen LogP contribution in [0.1, 0.15) is 34.1 Å². The van der Waals surface area contributed by atoms with Crippen molar-refractivity contribution in [1.29, 1.82) is 0 Å². The fraction of sp³-hybridized carbons (Fsp3) is 0.458. The molecule has 1 saturated heterocycles. The highest BCUT2D eigenvalue weighted by molar-refractivity contribution is 6.34. The number of pyridine rings is 1. The number of aromatic amines is 1. The van der Waals surface area contributed by atoms with E-state index >= 15 is 0 Å². The molecule has 1 atom stereocenters. The largest absolute Gasteiger partial charge is 0.478 e. The van der Waals surface area contributed by atoms with Crippen LogP contribution in [-0.4, -0.2) is 63.6 Å². The van der Waals surface area contributed by atoms with Crippen LogP contribution >= 0.6 is 11.6 Å². The average Bonchev–Trinajstić information content (AvgIpc) is 3.43. The molecule has 8 nitrogen and oxygen atoms in total. The van der Waals surface area contributed by atoms with E-state index in [-0.39, 0.29) is 5.91 Å². The molecule has 2 aromatic heterocycles. The molecule has 1 aromatic carbocycles. The summed E-state index contributed by atoms with van der Waals surface area (Å²) >= 11 is 6.52. The van der Waals surface area contributed by atoms with E-state index in [0.29, 0.717) is 34.3 Å². The monoisotopic (exact) mass is 470 g/mol. The number of imidazole rings is 1. The van der Waals surface area contributed by atoms with Gasteiger partial charge in [-0.2, -0.15) is 0 Å². The number of amides is 1. The second-order valence-corrected chi connectivity index (χ2v) is 9.61. The highest BCUT2D eigenvalue weighted by Crippen LogP contribution is 2.32. The minimum Gasteiger partial charge on any atom is -0.478 e. The number of aromatic nitrogens is 3. The number of rotatable bonds is 7. The van der Waals surface area contributed by atoms with Crippen LogP contribution < -0.4 is 15.4 Å². The summed E-state index contributed by atoms with van der Waals surface area (Å²) < 4.78 is 5.85. The van der Waals surface area contributed by atoms with E-state index in [4.69, 9.17) is 16.3 Å². The van der Waals surface area contributed by atoms with Gasteiger partial charge in [0.05, 0.1) is 16.9 Å². The summed E-state index contributed by atoms with van der Waals surface area (Å²) in [7, 11) is 1.59. The SMILES string of the molecule is CNC(=O)C(C)(C)Oc1ccc(-c2nc3ncc(Cl)c(N[C@H]4CCN(C(C)C)C4)c3[nH]2)cc1. The van der Waals surface area contributed by atoms with Gasteiger partial charge in [-0.1, -0.05) is 11.6 Å². The van der Waals surface area contributed by atoms with Crippen molar-refractivity contribution in [3.05, 3.63) is 35.5 Å². The third-order valence-corrected chi connectivity index (χ3v) is 6.33. The maximum absolute atomic E-state index is 12.0. The summed E-state index contributed by atoms with van der Waals surface area (Å²) in [6, 6.07) is 8.30. The molecule has 1 aliphatic heterocycles. The van der Waals surface area contributed by atoms with Crippen molar-refractivity contribution in [1.82, 2.24) is 25.2 Å². The average molecular weight is 471 g/mol. The number of nitrogens with zero attached hydrogens (tertiary/aromatic N) is 3. The summed E-state index contributed by atoms with van der Waals surface area (Å²) in [4.78, 5) is 26.9. The molecular weight excluding hydrogens is 440 g/mol. The molecule has 0 unspecified atom stereocenters. The molecule has 1 amide bonds. The number of benzene rings is 1. The van der Waals surface area contributed by atoms with Crippen LogP contribution in [0.2, 0.25) is 5.02 Å². The number of likely N-dealkylation sites (N-methyl/N-ethyl adjacent to an activating group) is 1. The Bertz CT molecular complexity index is 1140. The molecule has 1 aliphatic rings. The molecule has 0 spiro atoms. The Hall–Kier alpha value is -2.84. The predicted octanol–water partition coefficient (Wildman–Crippen LogP) is 4.08. The van der Waals surface area contributed by atoms with Gasteiger partial charge in [-0.05, 0) is 58.4 Å². The standard InChI is InChI=1S/C24H31ClN6O2/c1-14(2)31-11-10-16(13-31)28-19-18(25)12-27-22-20(19)29-21(30-22)15-6-8-17(9-7-15)33-24(3,4)23(32)26-5/h6-9,12,14,16H,10-11,13H2,1-5H3,(H,26,32)(H2,27,28,29,30)/t16-/m0/s1. The lowest BCUT2D eigenvalue weighted by Gasteiger charge is -2.24. The van der Waals surface area contributed by atoms with Gasteiger partial charge in [0.25, 0.3) is 5.91 Å². The number of hydrogen-bond acceptors (Lipinski definition) is 6. The van der Waals surface area contributed by atoms with Crippen LogP contribution in [0.5, 0.6) is 5.75 Å². The second-order valence-electron chi connectivity index (χ2n) is 9.20. The van der Waals surface area contributed by atoms with Crippen molar-refractivity contribution in [3.8, 4) is 17.1 Å². The number of likely N-dealkylation sites (tertiary alicyclic amines) is 1. The maximum atomic E-state index is 12.0. The van der Waals surface area contributed by atoms with Gasteiger partial charge in [-0.15, -0.1) is 0 Å². The Morgan fingerprint density at radius 3 is 2.67 bits per heavy atom. The van der Waals surface area contributed by atoms with Crippen LogP contribution in [0.4, 0.5) is 5.69 Å². The lowest BCUT2D eigenvalue weighted by molar-refractivity contribution is -0.133. The lowest BCUT2D eigenvalue weighted by atomic mass is 10.1. The maximum Gasteiger partial charge on any atom is 0.263 e. The lowest BCUT2D eigenvalue weighted by Crippen LogP contribution is -2.45. The topological polar surface area (TPSA) is 95.2 Å². The minimum absolute atomic E-state index is 0.189. The van der Waals surface area contributed by atoms with Gasteiger partial charge in [0.1, 0.15) is 17.1 Å². The van der Waals surface area contributed by atoms with Gasteiger partial charge in [0.15, 0.2) is 11.2 Å². The zero-order chi connectivity index (χ0) is 23.8. The summed E-state index contributed by atoms with van der Waals surface area (Å²) in [6.07, 6.45) is 2.71. The number of hydrogen-bond donors (Lipinski definition) is 3. The molecule has 0 radical (unpaired) electrons. The smallest absolute Gasteiger partial charge is 0.263 e. The fourth-order valence-electron chi connectivity index (χ4n) is 4.11. The van der Waals surface area contributed by atoms with Crippen LogP contribution in [-0.2, 0) is 4.79 Å². The molecule has 3 aromatic rings. The molecule has 33 heavy (non-hydrogen) atoms. The van der Waals surface area contributed by atoms with E-state index in [1.807, 2.05) is 24.3 Å². The third kappa shape index (κ3) is 4.91. The Balaban J connectivity index is 1.56. The first-order valence-electron chi connectivity index (χ1n) is 11.2. The number of fused-ring (bicyclic) bond motifs is 1. The van der Waals surface area contributed by atoms with E-state index in [0.717, 1.165) is 36.3 Å². The van der Waals surface area contributed by atoms with Gasteiger partial charge in [-0.3, -0.25) is 9.69 Å². The first-order chi connectivity index (χ1) is 15.7. The Morgan fingerprint density at radius 2 is 2.03 bits per heavy atom. The Kier molecular flexibility index (Phi) is 6.50. The van der Waals surface area contributed by atoms with Crippen LogP contribution in [0.3, 0.4) is 0 Å². The Morgan fingerprint density at radius 1 is 1.30 bits per heavy atom.